The third-order valence-electron chi connectivity index (χ3n) is 4.70. The molecule has 0 spiro atoms. The van der Waals surface area contributed by atoms with Crippen molar-refractivity contribution in [3.63, 3.8) is 0 Å². The van der Waals surface area contributed by atoms with Crippen LogP contribution in [-0.2, 0) is 22.9 Å². The van der Waals surface area contributed by atoms with Crippen molar-refractivity contribution in [2.45, 2.75) is 31.6 Å². The molecule has 6 heteroatoms. The fourth-order valence-corrected chi connectivity index (χ4v) is 4.77. The van der Waals surface area contributed by atoms with Crippen molar-refractivity contribution >= 4 is 26.6 Å². The molecule has 1 aliphatic rings. The van der Waals surface area contributed by atoms with Crippen LogP contribution in [-0.4, -0.2) is 20.0 Å². The molecule has 0 fully saturated rings. The minimum Gasteiger partial charge on any atom is -0.492 e. The van der Waals surface area contributed by atoms with Gasteiger partial charge in [-0.2, -0.15) is 0 Å². The Bertz CT molecular complexity index is 1100. The summed E-state index contributed by atoms with van der Waals surface area (Å²) in [5.41, 5.74) is 3.07. The summed E-state index contributed by atoms with van der Waals surface area (Å²) < 4.78 is 34.1. The predicted molar refractivity (Wildman–Crippen MR) is 102 cm³/mol. The number of benzene rings is 2. The summed E-state index contributed by atoms with van der Waals surface area (Å²) >= 11 is 0. The molecule has 0 bridgehead atoms. The third kappa shape index (κ3) is 2.80. The van der Waals surface area contributed by atoms with Gasteiger partial charge in [0.1, 0.15) is 11.6 Å². The van der Waals surface area contributed by atoms with E-state index in [1.807, 2.05) is 25.1 Å². The zero-order valence-electron chi connectivity index (χ0n) is 14.7. The molecule has 1 N–H and O–H groups in total. The molecule has 1 aromatic heterocycles. The highest BCUT2D eigenvalue weighted by molar-refractivity contribution is 7.93. The van der Waals surface area contributed by atoms with E-state index in [0.29, 0.717) is 18.1 Å². The molecule has 5 nitrogen and oxygen atoms in total. The van der Waals surface area contributed by atoms with Gasteiger partial charge in [0.2, 0.25) is 0 Å². The van der Waals surface area contributed by atoms with Crippen molar-refractivity contribution < 1.29 is 13.2 Å². The average molecular weight is 368 g/mol. The Kier molecular flexibility index (Phi) is 4.07. The third-order valence-corrected chi connectivity index (χ3v) is 6.12. The molecular weight excluding hydrogens is 348 g/mol. The molecule has 0 saturated heterocycles. The Morgan fingerprint density at radius 3 is 2.58 bits per heavy atom. The highest BCUT2D eigenvalue weighted by Crippen LogP contribution is 2.35. The molecule has 0 saturated carbocycles. The van der Waals surface area contributed by atoms with E-state index in [2.05, 4.69) is 15.8 Å². The Morgan fingerprint density at radius 2 is 1.85 bits per heavy atom. The summed E-state index contributed by atoms with van der Waals surface area (Å²) in [6.07, 6.45) is 1.92. The van der Waals surface area contributed by atoms with Crippen molar-refractivity contribution in [2.75, 3.05) is 11.3 Å². The van der Waals surface area contributed by atoms with E-state index >= 15 is 0 Å². The van der Waals surface area contributed by atoms with Crippen LogP contribution in [0.3, 0.4) is 0 Å². The van der Waals surface area contributed by atoms with Gasteiger partial charge in [0.15, 0.2) is 0 Å². The van der Waals surface area contributed by atoms with Gasteiger partial charge in [-0.25, -0.2) is 13.4 Å². The molecule has 4 rings (SSSR count). The lowest BCUT2D eigenvalue weighted by molar-refractivity contribution is 0.336. The second kappa shape index (κ2) is 6.29. The van der Waals surface area contributed by atoms with Crippen LogP contribution >= 0.6 is 0 Å². The minimum atomic E-state index is -3.74. The highest BCUT2D eigenvalue weighted by Gasteiger charge is 2.23. The summed E-state index contributed by atoms with van der Waals surface area (Å²) in [5, 5.41) is 1.85. The monoisotopic (exact) mass is 368 g/mol. The van der Waals surface area contributed by atoms with Crippen molar-refractivity contribution in [1.29, 1.82) is 0 Å². The van der Waals surface area contributed by atoms with Crippen LogP contribution in [0.5, 0.6) is 5.75 Å². The fraction of sp³-hybridized carbons (Fsp3) is 0.250. The maximum absolute atomic E-state index is 13.0. The fourth-order valence-electron chi connectivity index (χ4n) is 3.56. The molecule has 3 aromatic rings. The van der Waals surface area contributed by atoms with Gasteiger partial charge in [0.25, 0.3) is 10.0 Å². The van der Waals surface area contributed by atoms with Crippen LogP contribution in [0.1, 0.15) is 23.7 Å². The van der Waals surface area contributed by atoms with Crippen molar-refractivity contribution in [3.05, 3.63) is 59.3 Å². The summed E-state index contributed by atoms with van der Waals surface area (Å²) in [7, 11) is -3.74. The van der Waals surface area contributed by atoms with E-state index in [0.717, 1.165) is 23.6 Å². The van der Waals surface area contributed by atoms with Gasteiger partial charge in [0, 0.05) is 5.39 Å². The maximum Gasteiger partial charge on any atom is 0.263 e. The molecule has 1 heterocycles. The number of aryl methyl sites for hydroxylation is 3. The van der Waals surface area contributed by atoms with Crippen molar-refractivity contribution in [1.82, 2.24) is 4.98 Å². The molecule has 0 unspecified atom stereocenters. The minimum absolute atomic E-state index is 0.285. The lowest BCUT2D eigenvalue weighted by atomic mass is 10.1. The van der Waals surface area contributed by atoms with Crippen molar-refractivity contribution in [2.24, 2.45) is 0 Å². The summed E-state index contributed by atoms with van der Waals surface area (Å²) in [5.74, 6) is 0.940. The van der Waals surface area contributed by atoms with Gasteiger partial charge in [-0.15, -0.1) is 0 Å². The van der Waals surface area contributed by atoms with Gasteiger partial charge >= 0.3 is 0 Å². The van der Waals surface area contributed by atoms with Crippen LogP contribution in [0.2, 0.25) is 0 Å². The zero-order valence-corrected chi connectivity index (χ0v) is 15.6. The first-order chi connectivity index (χ1) is 12.5. The number of anilines is 1. The van der Waals surface area contributed by atoms with E-state index in [1.165, 1.54) is 11.1 Å². The Morgan fingerprint density at radius 1 is 1.08 bits per heavy atom. The van der Waals surface area contributed by atoms with Gasteiger partial charge in [-0.1, -0.05) is 24.3 Å². The quantitative estimate of drug-likeness (QED) is 0.743. The largest absolute Gasteiger partial charge is 0.492 e. The summed E-state index contributed by atoms with van der Waals surface area (Å²) in [4.78, 5) is 4.60. The number of nitrogens with zero attached hydrogens (tertiary/aromatic N) is 1. The number of ether oxygens (including phenoxy) is 1. The molecule has 2 aromatic carbocycles. The second-order valence-electron chi connectivity index (χ2n) is 6.38. The standard InChI is InChI=1S/C20H20N2O3S/c1-3-25-17-10-12-19(21-13(17)2)22-26(23,24)18-11-9-15-8-7-14-5-4-6-16(18)20(14)15/h4-6,9-12H,3,7-8H2,1-2H3,(H,21,22). The van der Waals surface area contributed by atoms with Crippen molar-refractivity contribution in [3.8, 4) is 5.75 Å². The van der Waals surface area contributed by atoms with E-state index < -0.39 is 10.0 Å². The number of nitrogens with one attached hydrogen (secondary N) is 1. The predicted octanol–water partition coefficient (Wildman–Crippen LogP) is 3.84. The number of hydrogen-bond donors (Lipinski definition) is 1. The summed E-state index contributed by atoms with van der Waals surface area (Å²) in [6.45, 7) is 4.22. The summed E-state index contributed by atoms with van der Waals surface area (Å²) in [6, 6.07) is 12.8. The van der Waals surface area contributed by atoms with E-state index in [-0.39, 0.29) is 10.7 Å². The molecular formula is C20H20N2O3S. The molecule has 26 heavy (non-hydrogen) atoms. The van der Waals surface area contributed by atoms with Crippen LogP contribution in [0.4, 0.5) is 5.82 Å². The number of hydrogen-bond acceptors (Lipinski definition) is 4. The topological polar surface area (TPSA) is 68.3 Å². The van der Waals surface area contributed by atoms with Gasteiger partial charge < -0.3 is 4.74 Å². The normalized spacial score (nSPS) is 13.2. The molecule has 1 aliphatic carbocycles. The second-order valence-corrected chi connectivity index (χ2v) is 8.03. The first-order valence-electron chi connectivity index (χ1n) is 8.66. The van der Waals surface area contributed by atoms with E-state index in [1.54, 1.807) is 25.1 Å². The van der Waals surface area contributed by atoms with Crippen LogP contribution < -0.4 is 9.46 Å². The molecule has 134 valence electrons. The highest BCUT2D eigenvalue weighted by atomic mass is 32.2. The zero-order chi connectivity index (χ0) is 18.3. The average Bonchev–Trinajstić information content (AvgIpc) is 3.02. The first-order valence-corrected chi connectivity index (χ1v) is 10.1. The van der Waals surface area contributed by atoms with Gasteiger partial charge in [-0.05, 0) is 61.4 Å². The lowest BCUT2D eigenvalue weighted by Crippen LogP contribution is -2.15. The lowest BCUT2D eigenvalue weighted by Gasteiger charge is -2.13. The SMILES string of the molecule is CCOc1ccc(NS(=O)(=O)c2ccc3c4c(cccc24)CC3)nc1C. The maximum atomic E-state index is 13.0. The first kappa shape index (κ1) is 16.8. The molecule has 0 aliphatic heterocycles. The van der Waals surface area contributed by atoms with Crippen LogP contribution in [0.15, 0.2) is 47.4 Å². The van der Waals surface area contributed by atoms with Crippen LogP contribution in [0.25, 0.3) is 10.8 Å². The Labute approximate surface area is 153 Å². The number of pyridine rings is 1. The Balaban J connectivity index is 1.74. The number of rotatable bonds is 5. The van der Waals surface area contributed by atoms with E-state index in [9.17, 15) is 8.42 Å². The Hall–Kier alpha value is -2.60. The number of aromatic nitrogens is 1. The van der Waals surface area contributed by atoms with Gasteiger partial charge in [-0.3, -0.25) is 4.72 Å². The molecule has 0 radical (unpaired) electrons. The molecule has 0 amide bonds. The van der Waals surface area contributed by atoms with E-state index in [4.69, 9.17) is 4.74 Å². The number of sulfonamides is 1. The van der Waals surface area contributed by atoms with Gasteiger partial charge in [0.05, 0.1) is 17.2 Å². The molecule has 0 atom stereocenters. The smallest absolute Gasteiger partial charge is 0.263 e. The van der Waals surface area contributed by atoms with Crippen LogP contribution in [0, 0.1) is 6.92 Å².